The summed E-state index contributed by atoms with van der Waals surface area (Å²) >= 11 is 0. The minimum Gasteiger partial charge on any atom is -0.461 e. The molecule has 2 aromatic carbocycles. The molecule has 3 aromatic rings. The normalized spacial score (nSPS) is 10.7. The number of hydroxylamine groups is 2. The highest BCUT2D eigenvalue weighted by Gasteiger charge is 2.08. The number of rotatable bonds is 6. The van der Waals surface area contributed by atoms with Crippen LogP contribution < -0.4 is 10.5 Å². The standard InChI is InChI=1S/C18H18N2O4/c19-18(21)20(22)10-4-7-15-11-13-8-9-16(12-17(13)24-15)23-14-5-2-1-3-6-14/h1-3,5-6,8-9,11-12,22H,4,7,10H2,(H2,19,21). The van der Waals surface area contributed by atoms with Gasteiger partial charge in [-0.25, -0.2) is 9.86 Å². The molecule has 3 N–H and O–H groups in total. The maximum absolute atomic E-state index is 10.7. The fraction of sp³-hybridized carbons (Fsp3) is 0.167. The molecule has 6 heteroatoms. The summed E-state index contributed by atoms with van der Waals surface area (Å²) in [6.07, 6.45) is 1.14. The molecular weight excluding hydrogens is 308 g/mol. The number of carbonyl (C=O) groups excluding carboxylic acids is 1. The van der Waals surface area contributed by atoms with Gasteiger partial charge in [0.15, 0.2) is 0 Å². The molecule has 2 amide bonds. The van der Waals surface area contributed by atoms with Gasteiger partial charge >= 0.3 is 6.03 Å². The number of carbonyl (C=O) groups is 1. The van der Waals surface area contributed by atoms with E-state index < -0.39 is 6.03 Å². The van der Waals surface area contributed by atoms with E-state index in [1.807, 2.05) is 54.6 Å². The molecule has 0 aliphatic heterocycles. The molecule has 0 unspecified atom stereocenters. The van der Waals surface area contributed by atoms with Crippen LogP contribution in [-0.4, -0.2) is 22.8 Å². The highest BCUT2D eigenvalue weighted by molar-refractivity contribution is 5.79. The Balaban J connectivity index is 1.66. The Morgan fingerprint density at radius 1 is 1.12 bits per heavy atom. The third kappa shape index (κ3) is 3.85. The molecule has 0 atom stereocenters. The van der Waals surface area contributed by atoms with E-state index in [0.29, 0.717) is 23.7 Å². The number of para-hydroxylation sites is 1. The third-order valence-corrected chi connectivity index (χ3v) is 3.57. The average Bonchev–Trinajstić information content (AvgIpc) is 2.97. The fourth-order valence-electron chi connectivity index (χ4n) is 2.39. The molecule has 0 saturated carbocycles. The van der Waals surface area contributed by atoms with Gasteiger partial charge in [0.25, 0.3) is 0 Å². The molecule has 3 rings (SSSR count). The van der Waals surface area contributed by atoms with Crippen molar-refractivity contribution >= 4 is 17.0 Å². The second-order valence-electron chi connectivity index (χ2n) is 5.39. The zero-order chi connectivity index (χ0) is 16.9. The van der Waals surface area contributed by atoms with Crippen LogP contribution in [0.15, 0.2) is 59.0 Å². The number of fused-ring (bicyclic) bond motifs is 1. The van der Waals surface area contributed by atoms with Crippen LogP contribution in [0.25, 0.3) is 11.0 Å². The molecule has 0 spiro atoms. The van der Waals surface area contributed by atoms with E-state index >= 15 is 0 Å². The maximum atomic E-state index is 10.7. The van der Waals surface area contributed by atoms with Gasteiger partial charge in [-0.05, 0) is 36.8 Å². The second kappa shape index (κ2) is 7.06. The Morgan fingerprint density at radius 3 is 2.67 bits per heavy atom. The van der Waals surface area contributed by atoms with Gasteiger partial charge in [0.05, 0.1) is 6.54 Å². The van der Waals surface area contributed by atoms with E-state index in [9.17, 15) is 10.0 Å². The van der Waals surface area contributed by atoms with E-state index in [-0.39, 0.29) is 6.54 Å². The lowest BCUT2D eigenvalue weighted by molar-refractivity contribution is -0.0400. The SMILES string of the molecule is NC(=O)N(O)CCCc1cc2ccc(Oc3ccccc3)cc2o1. The van der Waals surface area contributed by atoms with Crippen LogP contribution in [0.3, 0.4) is 0 Å². The lowest BCUT2D eigenvalue weighted by Crippen LogP contribution is -2.33. The number of ether oxygens (including phenoxy) is 1. The van der Waals surface area contributed by atoms with E-state index in [2.05, 4.69) is 0 Å². The molecule has 0 aliphatic rings. The summed E-state index contributed by atoms with van der Waals surface area (Å²) in [6.45, 7) is 0.161. The Bertz CT molecular complexity index is 829. The molecule has 1 heterocycles. The summed E-state index contributed by atoms with van der Waals surface area (Å²) in [7, 11) is 0. The van der Waals surface area contributed by atoms with Gasteiger partial charge in [-0.2, -0.15) is 0 Å². The number of primary amides is 1. The maximum Gasteiger partial charge on any atom is 0.338 e. The first-order valence-electron chi connectivity index (χ1n) is 7.63. The number of nitrogens with zero attached hydrogens (tertiary/aromatic N) is 1. The van der Waals surface area contributed by atoms with Crippen LogP contribution in [-0.2, 0) is 6.42 Å². The molecule has 0 aliphatic carbocycles. The van der Waals surface area contributed by atoms with Crippen LogP contribution in [0, 0.1) is 0 Å². The second-order valence-corrected chi connectivity index (χ2v) is 5.39. The number of hydrogen-bond acceptors (Lipinski definition) is 4. The zero-order valence-electron chi connectivity index (χ0n) is 13.0. The number of amides is 2. The number of aryl methyl sites for hydroxylation is 1. The summed E-state index contributed by atoms with van der Waals surface area (Å²) in [5.41, 5.74) is 5.69. The van der Waals surface area contributed by atoms with Crippen LogP contribution >= 0.6 is 0 Å². The van der Waals surface area contributed by atoms with Gasteiger partial charge in [0.1, 0.15) is 22.8 Å². The number of urea groups is 1. The highest BCUT2D eigenvalue weighted by atomic mass is 16.5. The van der Waals surface area contributed by atoms with Crippen LogP contribution in [0.1, 0.15) is 12.2 Å². The summed E-state index contributed by atoms with van der Waals surface area (Å²) < 4.78 is 11.6. The van der Waals surface area contributed by atoms with Gasteiger partial charge in [0.2, 0.25) is 0 Å². The van der Waals surface area contributed by atoms with E-state index in [1.165, 1.54) is 0 Å². The molecular formula is C18H18N2O4. The Hall–Kier alpha value is -2.99. The Labute approximate surface area is 139 Å². The molecule has 0 bridgehead atoms. The summed E-state index contributed by atoms with van der Waals surface area (Å²) in [4.78, 5) is 10.7. The number of nitrogens with two attached hydrogens (primary N) is 1. The van der Waals surface area contributed by atoms with Gasteiger partial charge in [-0.3, -0.25) is 5.21 Å². The minimum absolute atomic E-state index is 0.161. The van der Waals surface area contributed by atoms with E-state index in [1.54, 1.807) is 0 Å². The zero-order valence-corrected chi connectivity index (χ0v) is 13.0. The Kier molecular flexibility index (Phi) is 4.67. The lowest BCUT2D eigenvalue weighted by atomic mass is 10.2. The number of furan rings is 1. The molecule has 24 heavy (non-hydrogen) atoms. The van der Waals surface area contributed by atoms with Crippen molar-refractivity contribution in [3.63, 3.8) is 0 Å². The summed E-state index contributed by atoms with van der Waals surface area (Å²) in [5.74, 6) is 2.24. The quantitative estimate of drug-likeness (QED) is 0.530. The number of hydrogen-bond donors (Lipinski definition) is 2. The largest absolute Gasteiger partial charge is 0.461 e. The smallest absolute Gasteiger partial charge is 0.338 e. The first-order chi connectivity index (χ1) is 11.6. The lowest BCUT2D eigenvalue weighted by Gasteiger charge is -2.10. The topological polar surface area (TPSA) is 88.9 Å². The van der Waals surface area contributed by atoms with Crippen molar-refractivity contribution in [3.8, 4) is 11.5 Å². The van der Waals surface area contributed by atoms with Crippen LogP contribution in [0.2, 0.25) is 0 Å². The van der Waals surface area contributed by atoms with Crippen molar-refractivity contribution in [2.75, 3.05) is 6.54 Å². The Morgan fingerprint density at radius 2 is 1.92 bits per heavy atom. The van der Waals surface area contributed by atoms with Crippen LogP contribution in [0.5, 0.6) is 11.5 Å². The van der Waals surface area contributed by atoms with Gasteiger partial charge < -0.3 is 14.9 Å². The predicted octanol–water partition coefficient (Wildman–Crippen LogP) is 3.93. The highest BCUT2D eigenvalue weighted by Crippen LogP contribution is 2.28. The molecule has 0 saturated heterocycles. The number of benzene rings is 2. The summed E-state index contributed by atoms with van der Waals surface area (Å²) in [5, 5.41) is 10.7. The summed E-state index contributed by atoms with van der Waals surface area (Å²) in [6, 6.07) is 16.3. The van der Waals surface area contributed by atoms with Crippen molar-refractivity contribution in [2.45, 2.75) is 12.8 Å². The van der Waals surface area contributed by atoms with Gasteiger partial charge in [-0.1, -0.05) is 18.2 Å². The van der Waals surface area contributed by atoms with Gasteiger partial charge in [0, 0.05) is 17.9 Å². The average molecular weight is 326 g/mol. The van der Waals surface area contributed by atoms with Crippen molar-refractivity contribution in [2.24, 2.45) is 5.73 Å². The van der Waals surface area contributed by atoms with Crippen molar-refractivity contribution in [3.05, 3.63) is 60.4 Å². The third-order valence-electron chi connectivity index (χ3n) is 3.57. The van der Waals surface area contributed by atoms with Crippen molar-refractivity contribution < 1.29 is 19.2 Å². The molecule has 0 fully saturated rings. The minimum atomic E-state index is -0.859. The van der Waals surface area contributed by atoms with Crippen LogP contribution in [0.4, 0.5) is 4.79 Å². The molecule has 0 radical (unpaired) electrons. The van der Waals surface area contributed by atoms with Crippen molar-refractivity contribution in [1.29, 1.82) is 0 Å². The van der Waals surface area contributed by atoms with E-state index in [0.717, 1.165) is 22.5 Å². The van der Waals surface area contributed by atoms with Gasteiger partial charge in [-0.15, -0.1) is 0 Å². The molecule has 6 nitrogen and oxygen atoms in total. The predicted molar refractivity (Wildman–Crippen MR) is 89.1 cm³/mol. The van der Waals surface area contributed by atoms with Crippen molar-refractivity contribution in [1.82, 2.24) is 5.06 Å². The fourth-order valence-corrected chi connectivity index (χ4v) is 2.39. The molecule has 1 aromatic heterocycles. The van der Waals surface area contributed by atoms with E-state index in [4.69, 9.17) is 14.9 Å². The first kappa shape index (κ1) is 15.9. The first-order valence-corrected chi connectivity index (χ1v) is 7.63. The molecule has 124 valence electrons. The monoisotopic (exact) mass is 326 g/mol.